The highest BCUT2D eigenvalue weighted by Gasteiger charge is 2.48. The molecule has 3 rings (SSSR count). The van der Waals surface area contributed by atoms with E-state index >= 15 is 0 Å². The number of carboxylic acids is 1. The first-order valence-corrected chi connectivity index (χ1v) is 7.46. The Kier molecular flexibility index (Phi) is 3.99. The van der Waals surface area contributed by atoms with Gasteiger partial charge in [-0.1, -0.05) is 18.2 Å². The zero-order valence-corrected chi connectivity index (χ0v) is 12.9. The smallest absolute Gasteiger partial charge is 0.430 e. The molecule has 0 bridgehead atoms. The topological polar surface area (TPSA) is 46.5 Å². The van der Waals surface area contributed by atoms with Gasteiger partial charge in [-0.25, -0.2) is 4.79 Å². The zero-order chi connectivity index (χ0) is 17.5. The molecule has 1 heterocycles. The Bertz CT molecular complexity index is 785. The quantitative estimate of drug-likeness (QED) is 0.864. The lowest BCUT2D eigenvalue weighted by Gasteiger charge is -2.28. The Morgan fingerprint density at radius 3 is 2.67 bits per heavy atom. The Hall–Kier alpha value is -2.50. The molecule has 1 aromatic carbocycles. The van der Waals surface area contributed by atoms with Crippen molar-refractivity contribution >= 4 is 17.6 Å². The number of hydrogen-bond donors (Lipinski definition) is 1. The Labute approximate surface area is 136 Å². The number of hydrogen-bond acceptors (Lipinski definition) is 2. The maximum atomic E-state index is 13.1. The minimum absolute atomic E-state index is 0.0541. The molecule has 1 aromatic rings. The van der Waals surface area contributed by atoms with Crippen LogP contribution in [-0.2, 0) is 4.79 Å². The number of alkyl halides is 3. The van der Waals surface area contributed by atoms with Gasteiger partial charge in [0.2, 0.25) is 6.10 Å². The normalized spacial score (nSPS) is 19.9. The monoisotopic (exact) mass is 336 g/mol. The van der Waals surface area contributed by atoms with E-state index in [-0.39, 0.29) is 5.75 Å². The third-order valence-electron chi connectivity index (χ3n) is 4.10. The second-order valence-corrected chi connectivity index (χ2v) is 5.81. The summed E-state index contributed by atoms with van der Waals surface area (Å²) in [6.07, 6.45) is 1.34. The summed E-state index contributed by atoms with van der Waals surface area (Å²) in [5.41, 5.74) is 2.26. The maximum absolute atomic E-state index is 13.1. The van der Waals surface area contributed by atoms with Gasteiger partial charge in [-0.15, -0.1) is 0 Å². The van der Waals surface area contributed by atoms with Gasteiger partial charge in [-0.2, -0.15) is 13.2 Å². The van der Waals surface area contributed by atoms with Crippen LogP contribution in [0, 0.1) is 6.92 Å². The van der Waals surface area contributed by atoms with Crippen molar-refractivity contribution in [1.82, 2.24) is 0 Å². The number of carbonyl (C=O) groups is 1. The molecule has 6 heteroatoms. The van der Waals surface area contributed by atoms with Gasteiger partial charge in [0.05, 0.1) is 5.57 Å². The third kappa shape index (κ3) is 2.96. The van der Waals surface area contributed by atoms with Gasteiger partial charge in [0.25, 0.3) is 0 Å². The maximum Gasteiger partial charge on any atom is 0.430 e. The van der Waals surface area contributed by atoms with E-state index in [0.717, 1.165) is 35.6 Å². The summed E-state index contributed by atoms with van der Waals surface area (Å²) < 4.78 is 44.4. The first-order valence-electron chi connectivity index (χ1n) is 7.46. The standard InChI is InChI=1S/C18H15F3O3/c1-10-7-12-8-14(17(22)23)16(18(19,20)21)24-15(12)9-13(10)11-5-3-2-4-6-11/h2-3,5,7-9,16H,4,6H2,1H3,(H,22,23). The van der Waals surface area contributed by atoms with Gasteiger partial charge in [0, 0.05) is 5.56 Å². The fourth-order valence-corrected chi connectivity index (χ4v) is 2.95. The molecule has 1 N–H and O–H groups in total. The van der Waals surface area contributed by atoms with E-state index in [1.807, 2.05) is 25.2 Å². The molecule has 1 aliphatic carbocycles. The predicted molar refractivity (Wildman–Crippen MR) is 83.6 cm³/mol. The van der Waals surface area contributed by atoms with Crippen LogP contribution in [-0.4, -0.2) is 23.4 Å². The van der Waals surface area contributed by atoms with E-state index in [9.17, 15) is 18.0 Å². The van der Waals surface area contributed by atoms with E-state index in [2.05, 4.69) is 0 Å². The van der Waals surface area contributed by atoms with E-state index in [0.29, 0.717) is 5.56 Å². The van der Waals surface area contributed by atoms with Crippen molar-refractivity contribution in [1.29, 1.82) is 0 Å². The number of fused-ring (bicyclic) bond motifs is 1. The molecule has 1 aliphatic heterocycles. The van der Waals surface area contributed by atoms with E-state index in [1.54, 1.807) is 12.1 Å². The van der Waals surface area contributed by atoms with Crippen molar-refractivity contribution in [2.24, 2.45) is 0 Å². The van der Waals surface area contributed by atoms with Crippen molar-refractivity contribution < 1.29 is 27.8 Å². The minimum Gasteiger partial charge on any atom is -0.478 e. The number of aryl methyl sites for hydroxylation is 1. The Balaban J connectivity index is 2.10. The molecule has 126 valence electrons. The Morgan fingerprint density at radius 2 is 2.08 bits per heavy atom. The number of benzene rings is 1. The fourth-order valence-electron chi connectivity index (χ4n) is 2.95. The number of allylic oxidation sites excluding steroid dienone is 4. The molecule has 0 spiro atoms. The number of aliphatic carboxylic acids is 1. The SMILES string of the molecule is Cc1cc2c(cc1C1=CC=CCC1)OC(C(F)(F)F)C(C(=O)O)=C2. The van der Waals surface area contributed by atoms with Crippen LogP contribution in [0.1, 0.15) is 29.5 Å². The molecular weight excluding hydrogens is 321 g/mol. The van der Waals surface area contributed by atoms with Crippen LogP contribution >= 0.6 is 0 Å². The van der Waals surface area contributed by atoms with Crippen molar-refractivity contribution in [3.05, 3.63) is 52.6 Å². The Morgan fingerprint density at radius 1 is 1.33 bits per heavy atom. The number of carboxylic acid groups (broad SMARTS) is 1. The van der Waals surface area contributed by atoms with Gasteiger partial charge >= 0.3 is 12.1 Å². The molecule has 2 aliphatic rings. The fraction of sp³-hybridized carbons (Fsp3) is 0.278. The number of ether oxygens (including phenoxy) is 1. The second-order valence-electron chi connectivity index (χ2n) is 5.81. The zero-order valence-electron chi connectivity index (χ0n) is 12.9. The molecule has 0 radical (unpaired) electrons. The highest BCUT2D eigenvalue weighted by atomic mass is 19.4. The number of halogens is 3. The van der Waals surface area contributed by atoms with E-state index in [4.69, 9.17) is 9.84 Å². The molecule has 3 nitrogen and oxygen atoms in total. The summed E-state index contributed by atoms with van der Waals surface area (Å²) in [4.78, 5) is 11.2. The molecule has 0 fully saturated rings. The summed E-state index contributed by atoms with van der Waals surface area (Å²) in [7, 11) is 0. The van der Waals surface area contributed by atoms with Crippen molar-refractivity contribution in [2.45, 2.75) is 32.0 Å². The molecule has 0 amide bonds. The lowest BCUT2D eigenvalue weighted by Crippen LogP contribution is -2.40. The van der Waals surface area contributed by atoms with Crippen LogP contribution in [0.3, 0.4) is 0 Å². The highest BCUT2D eigenvalue weighted by molar-refractivity contribution is 5.95. The molecule has 0 aromatic heterocycles. The first kappa shape index (κ1) is 16.4. The first-order chi connectivity index (χ1) is 11.3. The van der Waals surface area contributed by atoms with Crippen LogP contribution in [0.5, 0.6) is 5.75 Å². The van der Waals surface area contributed by atoms with Crippen molar-refractivity contribution in [3.63, 3.8) is 0 Å². The van der Waals surface area contributed by atoms with Gasteiger partial charge < -0.3 is 9.84 Å². The van der Waals surface area contributed by atoms with Gasteiger partial charge in [0.1, 0.15) is 5.75 Å². The molecule has 0 saturated carbocycles. The summed E-state index contributed by atoms with van der Waals surface area (Å²) >= 11 is 0. The molecular formula is C18H15F3O3. The van der Waals surface area contributed by atoms with Crippen LogP contribution in [0.15, 0.2) is 35.9 Å². The van der Waals surface area contributed by atoms with Crippen molar-refractivity contribution in [2.75, 3.05) is 0 Å². The largest absolute Gasteiger partial charge is 0.478 e. The second kappa shape index (κ2) is 5.85. The lowest BCUT2D eigenvalue weighted by molar-refractivity contribution is -0.187. The third-order valence-corrected chi connectivity index (χ3v) is 4.10. The van der Waals surface area contributed by atoms with E-state index in [1.165, 1.54) is 0 Å². The lowest BCUT2D eigenvalue weighted by atomic mass is 9.91. The van der Waals surface area contributed by atoms with Gasteiger partial charge in [-0.3, -0.25) is 0 Å². The molecule has 1 atom stereocenters. The molecule has 24 heavy (non-hydrogen) atoms. The summed E-state index contributed by atoms with van der Waals surface area (Å²) in [5, 5.41) is 9.06. The summed E-state index contributed by atoms with van der Waals surface area (Å²) in [6, 6.07) is 3.24. The summed E-state index contributed by atoms with van der Waals surface area (Å²) in [5.74, 6) is -1.58. The summed E-state index contributed by atoms with van der Waals surface area (Å²) in [6.45, 7) is 1.85. The average molecular weight is 336 g/mol. The molecule has 0 saturated heterocycles. The van der Waals surface area contributed by atoms with Crippen LogP contribution in [0.2, 0.25) is 0 Å². The predicted octanol–water partition coefficient (Wildman–Crippen LogP) is 4.52. The number of rotatable bonds is 2. The van der Waals surface area contributed by atoms with Gasteiger partial charge in [-0.05, 0) is 54.7 Å². The highest BCUT2D eigenvalue weighted by Crippen LogP contribution is 2.40. The van der Waals surface area contributed by atoms with Gasteiger partial charge in [0.15, 0.2) is 0 Å². The van der Waals surface area contributed by atoms with Crippen molar-refractivity contribution in [3.8, 4) is 5.75 Å². The minimum atomic E-state index is -4.79. The molecule has 1 unspecified atom stereocenters. The average Bonchev–Trinajstić information content (AvgIpc) is 2.53. The van der Waals surface area contributed by atoms with E-state index < -0.39 is 23.8 Å². The van der Waals surface area contributed by atoms with Crippen LogP contribution < -0.4 is 4.74 Å². The van der Waals surface area contributed by atoms with Crippen LogP contribution in [0.4, 0.5) is 13.2 Å². The van der Waals surface area contributed by atoms with Crippen LogP contribution in [0.25, 0.3) is 11.6 Å².